The lowest BCUT2D eigenvalue weighted by atomic mass is 9.93. The van der Waals surface area contributed by atoms with Crippen LogP contribution < -0.4 is 20.1 Å². The standard InChI is InChI=1S/C25H35N3O7/c1-5-33-19-9-8-17(14-20(19)32-4)22-21(24(30)35-7-3)18(26-25(31)27-22)15-28-12-10-16(11-13-28)23(29)34-6-2/h8-9,14,16,22H,5-7,10-13,15H2,1-4H3,(H2,26,27,31). The van der Waals surface area contributed by atoms with Gasteiger partial charge >= 0.3 is 18.0 Å². The van der Waals surface area contributed by atoms with Gasteiger partial charge in [-0.25, -0.2) is 9.59 Å². The molecule has 1 aromatic carbocycles. The van der Waals surface area contributed by atoms with E-state index >= 15 is 0 Å². The van der Waals surface area contributed by atoms with E-state index in [0.717, 1.165) is 0 Å². The molecule has 1 fully saturated rings. The minimum atomic E-state index is -0.723. The zero-order chi connectivity index (χ0) is 25.4. The Balaban J connectivity index is 1.89. The summed E-state index contributed by atoms with van der Waals surface area (Å²) in [5, 5.41) is 5.65. The van der Waals surface area contributed by atoms with Crippen LogP contribution in [0.25, 0.3) is 0 Å². The minimum Gasteiger partial charge on any atom is -0.493 e. The lowest BCUT2D eigenvalue weighted by Gasteiger charge is -2.35. The van der Waals surface area contributed by atoms with Gasteiger partial charge in [0.15, 0.2) is 11.5 Å². The van der Waals surface area contributed by atoms with Crippen LogP contribution in [0.4, 0.5) is 4.79 Å². The maximum Gasteiger partial charge on any atom is 0.338 e. The van der Waals surface area contributed by atoms with Gasteiger partial charge in [-0.3, -0.25) is 9.69 Å². The molecule has 2 N–H and O–H groups in total. The van der Waals surface area contributed by atoms with Crippen LogP contribution in [-0.4, -0.2) is 69.4 Å². The fourth-order valence-corrected chi connectivity index (χ4v) is 4.39. The van der Waals surface area contributed by atoms with E-state index < -0.39 is 18.0 Å². The molecule has 0 saturated carbocycles. The van der Waals surface area contributed by atoms with Crippen molar-refractivity contribution < 1.29 is 33.3 Å². The number of hydrogen-bond acceptors (Lipinski definition) is 8. The van der Waals surface area contributed by atoms with E-state index in [0.29, 0.717) is 74.0 Å². The lowest BCUT2D eigenvalue weighted by Crippen LogP contribution is -2.49. The largest absolute Gasteiger partial charge is 0.493 e. The van der Waals surface area contributed by atoms with Crippen molar-refractivity contribution in [1.82, 2.24) is 15.5 Å². The molecule has 0 aliphatic carbocycles. The van der Waals surface area contributed by atoms with Gasteiger partial charge in [0.1, 0.15) is 0 Å². The monoisotopic (exact) mass is 489 g/mol. The molecule has 0 aromatic heterocycles. The number of amides is 2. The zero-order valence-corrected chi connectivity index (χ0v) is 20.8. The van der Waals surface area contributed by atoms with E-state index in [4.69, 9.17) is 18.9 Å². The quantitative estimate of drug-likeness (QED) is 0.482. The Hall–Kier alpha value is -3.27. The van der Waals surface area contributed by atoms with Crippen LogP contribution in [0.15, 0.2) is 29.5 Å². The fraction of sp³-hybridized carbons (Fsp3) is 0.560. The molecule has 0 spiro atoms. The maximum atomic E-state index is 13.1. The molecule has 192 valence electrons. The highest BCUT2D eigenvalue weighted by Crippen LogP contribution is 2.35. The van der Waals surface area contributed by atoms with E-state index in [1.807, 2.05) is 6.92 Å². The summed E-state index contributed by atoms with van der Waals surface area (Å²) in [6, 6.07) is 4.18. The van der Waals surface area contributed by atoms with Crippen molar-refractivity contribution in [3.8, 4) is 11.5 Å². The molecule has 1 unspecified atom stereocenters. The smallest absolute Gasteiger partial charge is 0.338 e. The van der Waals surface area contributed by atoms with E-state index in [1.165, 1.54) is 7.11 Å². The third-order valence-corrected chi connectivity index (χ3v) is 6.06. The topological polar surface area (TPSA) is 115 Å². The highest BCUT2D eigenvalue weighted by atomic mass is 16.5. The molecule has 10 nitrogen and oxygen atoms in total. The van der Waals surface area contributed by atoms with Crippen molar-refractivity contribution in [3.63, 3.8) is 0 Å². The van der Waals surface area contributed by atoms with Gasteiger partial charge in [0.05, 0.1) is 44.5 Å². The first-order chi connectivity index (χ1) is 16.9. The van der Waals surface area contributed by atoms with Crippen molar-refractivity contribution in [2.45, 2.75) is 39.7 Å². The summed E-state index contributed by atoms with van der Waals surface area (Å²) in [6.45, 7) is 8.10. The zero-order valence-electron chi connectivity index (χ0n) is 20.8. The van der Waals surface area contributed by atoms with Crippen molar-refractivity contribution in [2.24, 2.45) is 5.92 Å². The predicted octanol–water partition coefficient (Wildman–Crippen LogP) is 2.54. The van der Waals surface area contributed by atoms with Crippen LogP contribution in [-0.2, 0) is 19.1 Å². The number of likely N-dealkylation sites (tertiary alicyclic amines) is 1. The Kier molecular flexibility index (Phi) is 9.36. The number of carbonyl (C=O) groups excluding carboxylic acids is 3. The molecule has 1 atom stereocenters. The summed E-state index contributed by atoms with van der Waals surface area (Å²) in [5.41, 5.74) is 1.49. The van der Waals surface area contributed by atoms with Crippen LogP contribution in [0.3, 0.4) is 0 Å². The fourth-order valence-electron chi connectivity index (χ4n) is 4.39. The Labute approximate surface area is 205 Å². The molecule has 1 aromatic rings. The van der Waals surface area contributed by atoms with Gasteiger partial charge < -0.3 is 29.6 Å². The van der Waals surface area contributed by atoms with Crippen molar-refractivity contribution in [1.29, 1.82) is 0 Å². The third kappa shape index (κ3) is 6.45. The van der Waals surface area contributed by atoms with Gasteiger partial charge in [0.2, 0.25) is 0 Å². The molecule has 0 radical (unpaired) electrons. The molecule has 2 aliphatic heterocycles. The number of carbonyl (C=O) groups is 3. The van der Waals surface area contributed by atoms with Gasteiger partial charge in [-0.05, 0) is 64.4 Å². The number of urea groups is 1. The second-order valence-electron chi connectivity index (χ2n) is 8.29. The third-order valence-electron chi connectivity index (χ3n) is 6.06. The van der Waals surface area contributed by atoms with Gasteiger partial charge in [-0.15, -0.1) is 0 Å². The number of piperidine rings is 1. The highest BCUT2D eigenvalue weighted by molar-refractivity contribution is 5.95. The number of methoxy groups -OCH3 is 1. The Bertz CT molecular complexity index is 954. The molecular formula is C25H35N3O7. The first-order valence-corrected chi connectivity index (χ1v) is 12.1. The van der Waals surface area contributed by atoms with Crippen molar-refractivity contribution in [3.05, 3.63) is 35.0 Å². The summed E-state index contributed by atoms with van der Waals surface area (Å²) < 4.78 is 21.6. The van der Waals surface area contributed by atoms with Crippen molar-refractivity contribution in [2.75, 3.05) is 46.6 Å². The Morgan fingerprint density at radius 1 is 1.03 bits per heavy atom. The average Bonchev–Trinajstić information content (AvgIpc) is 2.84. The first-order valence-electron chi connectivity index (χ1n) is 12.1. The SMILES string of the molecule is CCOC(=O)C1=C(CN2CCC(C(=O)OCC)CC2)NC(=O)NC1c1ccc(OCC)c(OC)c1. The van der Waals surface area contributed by atoms with Crippen LogP contribution in [0.1, 0.15) is 45.2 Å². The van der Waals surface area contributed by atoms with E-state index in [1.54, 1.807) is 32.0 Å². The van der Waals surface area contributed by atoms with Crippen LogP contribution >= 0.6 is 0 Å². The highest BCUT2D eigenvalue weighted by Gasteiger charge is 2.35. The molecule has 0 bridgehead atoms. The normalized spacial score (nSPS) is 19.0. The van der Waals surface area contributed by atoms with Crippen LogP contribution in [0.5, 0.6) is 11.5 Å². The van der Waals surface area contributed by atoms with Crippen LogP contribution in [0.2, 0.25) is 0 Å². The molecule has 1 saturated heterocycles. The second kappa shape index (κ2) is 12.4. The minimum absolute atomic E-state index is 0.128. The number of benzene rings is 1. The number of hydrogen-bond donors (Lipinski definition) is 2. The van der Waals surface area contributed by atoms with E-state index in [2.05, 4.69) is 15.5 Å². The van der Waals surface area contributed by atoms with E-state index in [-0.39, 0.29) is 18.5 Å². The molecule has 2 aliphatic rings. The molecule has 35 heavy (non-hydrogen) atoms. The molecule has 2 heterocycles. The molecule has 3 rings (SSSR count). The molecule has 2 amide bonds. The van der Waals surface area contributed by atoms with Gasteiger partial charge in [0, 0.05) is 12.2 Å². The summed E-state index contributed by atoms with van der Waals surface area (Å²) >= 11 is 0. The first kappa shape index (κ1) is 26.3. The predicted molar refractivity (Wildman–Crippen MR) is 128 cm³/mol. The van der Waals surface area contributed by atoms with Crippen LogP contribution in [0, 0.1) is 5.92 Å². The summed E-state index contributed by atoms with van der Waals surface area (Å²) in [6.07, 6.45) is 1.32. The summed E-state index contributed by atoms with van der Waals surface area (Å²) in [5.74, 6) is 0.275. The number of rotatable bonds is 10. The lowest BCUT2D eigenvalue weighted by molar-refractivity contribution is -0.149. The van der Waals surface area contributed by atoms with Gasteiger partial charge in [0.25, 0.3) is 0 Å². The summed E-state index contributed by atoms with van der Waals surface area (Å²) in [7, 11) is 1.54. The van der Waals surface area contributed by atoms with Gasteiger partial charge in [-0.2, -0.15) is 0 Å². The van der Waals surface area contributed by atoms with Crippen molar-refractivity contribution >= 4 is 18.0 Å². The Morgan fingerprint density at radius 2 is 1.74 bits per heavy atom. The molecule has 10 heteroatoms. The van der Waals surface area contributed by atoms with E-state index in [9.17, 15) is 14.4 Å². The van der Waals surface area contributed by atoms with Gasteiger partial charge in [-0.1, -0.05) is 6.07 Å². The number of nitrogens with one attached hydrogen (secondary N) is 2. The average molecular weight is 490 g/mol. The second-order valence-corrected chi connectivity index (χ2v) is 8.29. The number of ether oxygens (including phenoxy) is 4. The molecular weight excluding hydrogens is 454 g/mol. The Morgan fingerprint density at radius 3 is 2.37 bits per heavy atom. The number of nitrogens with zero attached hydrogens (tertiary/aromatic N) is 1. The number of esters is 2. The summed E-state index contributed by atoms with van der Waals surface area (Å²) in [4.78, 5) is 39.9. The maximum absolute atomic E-state index is 13.1.